The van der Waals surface area contributed by atoms with E-state index in [1.165, 1.54) is 0 Å². The lowest BCUT2D eigenvalue weighted by Gasteiger charge is -2.29. The smallest absolute Gasteiger partial charge is 0.412 e. The lowest BCUT2D eigenvalue weighted by atomic mass is 10.0. The van der Waals surface area contributed by atoms with Gasteiger partial charge in [0, 0.05) is 17.1 Å². The fourth-order valence-electron chi connectivity index (χ4n) is 3.24. The Balaban J connectivity index is 1.68. The minimum absolute atomic E-state index is 0.129. The number of amides is 3. The normalized spacial score (nSPS) is 13.5. The maximum Gasteiger partial charge on any atom is 0.412 e. The van der Waals surface area contributed by atoms with Crippen LogP contribution in [0.25, 0.3) is 0 Å². The number of carbonyl (C=O) groups is 4. The number of aldehydes is 1. The summed E-state index contributed by atoms with van der Waals surface area (Å²) in [7, 11) is 0. The maximum absolute atomic E-state index is 12.5. The summed E-state index contributed by atoms with van der Waals surface area (Å²) in [6.45, 7) is -0.748. The Labute approximate surface area is 223 Å². The molecule has 0 saturated carbocycles. The second-order valence-electron chi connectivity index (χ2n) is 8.01. The van der Waals surface area contributed by atoms with Crippen molar-refractivity contribution in [3.8, 4) is 0 Å². The van der Waals surface area contributed by atoms with Crippen molar-refractivity contribution < 1.29 is 43.6 Å². The lowest BCUT2D eigenvalue weighted by Crippen LogP contribution is -2.51. The van der Waals surface area contributed by atoms with Crippen molar-refractivity contribution in [2.75, 3.05) is 22.6 Å². The summed E-state index contributed by atoms with van der Waals surface area (Å²) < 4.78 is 15.2. The van der Waals surface area contributed by atoms with Crippen LogP contribution >= 0.6 is 0 Å². The number of anilines is 3. The molecule has 3 rings (SSSR count). The van der Waals surface area contributed by atoms with Gasteiger partial charge in [0.05, 0.1) is 0 Å². The molecule has 0 saturated heterocycles. The van der Waals surface area contributed by atoms with E-state index >= 15 is 0 Å². The Morgan fingerprint density at radius 1 is 0.667 bits per heavy atom. The Morgan fingerprint density at radius 3 is 1.51 bits per heavy atom. The molecule has 0 aliphatic rings. The molecule has 3 aromatic carbocycles. The molecule has 204 valence electrons. The number of para-hydroxylation sites is 3. The third-order valence-corrected chi connectivity index (χ3v) is 5.12. The van der Waals surface area contributed by atoms with E-state index in [-0.39, 0.29) is 6.29 Å². The SMILES string of the molecule is O=C[C@H](OC(=O)Nc1ccccc1)[C@@H](OC(=O)Nc1ccccc1)[C@H](O)[C@H](O)COC(=O)Nc1ccccc1. The van der Waals surface area contributed by atoms with E-state index in [4.69, 9.17) is 14.2 Å². The largest absolute Gasteiger partial charge is 0.446 e. The summed E-state index contributed by atoms with van der Waals surface area (Å²) in [5.41, 5.74) is 1.11. The highest BCUT2D eigenvalue weighted by atomic mass is 16.6. The van der Waals surface area contributed by atoms with Crippen LogP contribution < -0.4 is 16.0 Å². The zero-order valence-corrected chi connectivity index (χ0v) is 20.5. The average Bonchev–Trinajstić information content (AvgIpc) is 2.94. The highest BCUT2D eigenvalue weighted by Crippen LogP contribution is 2.16. The van der Waals surface area contributed by atoms with Crippen LogP contribution in [0.4, 0.5) is 31.4 Å². The molecule has 0 aromatic heterocycles. The molecule has 12 heteroatoms. The van der Waals surface area contributed by atoms with Gasteiger partial charge in [0.2, 0.25) is 0 Å². The van der Waals surface area contributed by atoms with Crippen LogP contribution in [0.15, 0.2) is 91.0 Å². The number of hydrogen-bond donors (Lipinski definition) is 5. The highest BCUT2D eigenvalue weighted by Gasteiger charge is 2.39. The second kappa shape index (κ2) is 14.7. The van der Waals surface area contributed by atoms with Crippen LogP contribution in [-0.4, -0.2) is 65.8 Å². The minimum atomic E-state index is -2.02. The Morgan fingerprint density at radius 2 is 1.08 bits per heavy atom. The molecule has 0 bridgehead atoms. The number of nitrogens with one attached hydrogen (secondary N) is 3. The van der Waals surface area contributed by atoms with E-state index in [9.17, 15) is 29.4 Å². The van der Waals surface area contributed by atoms with E-state index in [0.29, 0.717) is 17.1 Å². The standard InChI is InChI=1S/C27H27N3O9/c31-16-22(38-26(35)29-19-12-6-2-7-13-19)24(39-27(36)30-20-14-8-3-9-15-20)23(33)21(32)17-37-25(34)28-18-10-4-1-5-11-18/h1-16,21-24,32-33H,17H2,(H,28,34)(H,29,35)(H,30,36)/t21-,22+,23-,24-/m1/s1. The minimum Gasteiger partial charge on any atom is -0.446 e. The molecule has 0 aliphatic carbocycles. The number of hydrogen-bond acceptors (Lipinski definition) is 9. The van der Waals surface area contributed by atoms with Gasteiger partial charge < -0.3 is 24.4 Å². The maximum atomic E-state index is 12.5. The van der Waals surface area contributed by atoms with Crippen molar-refractivity contribution in [1.82, 2.24) is 0 Å². The van der Waals surface area contributed by atoms with Crippen LogP contribution in [0, 0.1) is 0 Å². The predicted octanol–water partition coefficient (Wildman–Crippen LogP) is 3.39. The van der Waals surface area contributed by atoms with E-state index in [2.05, 4.69) is 16.0 Å². The van der Waals surface area contributed by atoms with Gasteiger partial charge in [0.15, 0.2) is 18.5 Å². The molecular formula is C27H27N3O9. The van der Waals surface area contributed by atoms with Gasteiger partial charge >= 0.3 is 18.3 Å². The first-order chi connectivity index (χ1) is 18.9. The summed E-state index contributed by atoms with van der Waals surface area (Å²) in [6, 6.07) is 24.6. The van der Waals surface area contributed by atoms with Gasteiger partial charge in [-0.3, -0.25) is 20.7 Å². The fourth-order valence-corrected chi connectivity index (χ4v) is 3.24. The number of ether oxygens (including phenoxy) is 3. The quantitative estimate of drug-likeness (QED) is 0.181. The van der Waals surface area contributed by atoms with Gasteiger partial charge in [0.25, 0.3) is 0 Å². The Bertz CT molecular complexity index is 1210. The Hall–Kier alpha value is -4.94. The van der Waals surface area contributed by atoms with E-state index in [1.54, 1.807) is 91.0 Å². The predicted molar refractivity (Wildman–Crippen MR) is 140 cm³/mol. The van der Waals surface area contributed by atoms with E-state index in [0.717, 1.165) is 0 Å². The molecular weight excluding hydrogens is 510 g/mol. The van der Waals surface area contributed by atoms with E-state index < -0.39 is 49.3 Å². The second-order valence-corrected chi connectivity index (χ2v) is 8.01. The number of benzene rings is 3. The molecule has 0 fully saturated rings. The van der Waals surface area contributed by atoms with Crippen molar-refractivity contribution in [3.63, 3.8) is 0 Å². The zero-order chi connectivity index (χ0) is 28.0. The first kappa shape index (κ1) is 28.6. The summed E-state index contributed by atoms with van der Waals surface area (Å²) in [6.07, 6.45) is -10.6. The number of rotatable bonds is 11. The molecule has 0 spiro atoms. The van der Waals surface area contributed by atoms with Crippen LogP contribution in [0.5, 0.6) is 0 Å². The molecule has 4 atom stereocenters. The zero-order valence-electron chi connectivity index (χ0n) is 20.5. The van der Waals surface area contributed by atoms with E-state index in [1.807, 2.05) is 0 Å². The summed E-state index contributed by atoms with van der Waals surface area (Å²) >= 11 is 0. The third-order valence-electron chi connectivity index (χ3n) is 5.12. The van der Waals surface area contributed by atoms with Gasteiger partial charge in [-0.2, -0.15) is 0 Å². The van der Waals surface area contributed by atoms with Gasteiger partial charge in [-0.15, -0.1) is 0 Å². The molecule has 12 nitrogen and oxygen atoms in total. The molecule has 0 heterocycles. The first-order valence-electron chi connectivity index (χ1n) is 11.7. The third kappa shape index (κ3) is 9.46. The van der Waals surface area contributed by atoms with Crippen molar-refractivity contribution in [2.45, 2.75) is 24.4 Å². The summed E-state index contributed by atoms with van der Waals surface area (Å²) in [4.78, 5) is 48.8. The highest BCUT2D eigenvalue weighted by molar-refractivity contribution is 5.87. The lowest BCUT2D eigenvalue weighted by molar-refractivity contribution is -0.136. The molecule has 3 aromatic rings. The van der Waals surface area contributed by atoms with Gasteiger partial charge in [-0.1, -0.05) is 54.6 Å². The summed E-state index contributed by atoms with van der Waals surface area (Å²) in [5.74, 6) is 0. The van der Waals surface area contributed by atoms with Crippen LogP contribution in [0.3, 0.4) is 0 Å². The number of aliphatic hydroxyl groups excluding tert-OH is 2. The number of aliphatic hydroxyl groups is 2. The molecule has 0 radical (unpaired) electrons. The first-order valence-corrected chi connectivity index (χ1v) is 11.7. The molecule has 0 aliphatic heterocycles. The molecule has 39 heavy (non-hydrogen) atoms. The summed E-state index contributed by atoms with van der Waals surface area (Å²) in [5, 5.41) is 28.5. The van der Waals surface area contributed by atoms with Crippen molar-refractivity contribution >= 4 is 41.6 Å². The van der Waals surface area contributed by atoms with Crippen LogP contribution in [0.2, 0.25) is 0 Å². The topological polar surface area (TPSA) is 173 Å². The molecule has 0 unspecified atom stereocenters. The van der Waals surface area contributed by atoms with Crippen LogP contribution in [0.1, 0.15) is 0 Å². The Kier molecular flexibility index (Phi) is 10.8. The fraction of sp³-hybridized carbons (Fsp3) is 0.185. The monoisotopic (exact) mass is 537 g/mol. The molecule has 5 N–H and O–H groups in total. The van der Waals surface area contributed by atoms with Gasteiger partial charge in [-0.25, -0.2) is 14.4 Å². The number of carbonyl (C=O) groups excluding carboxylic acids is 4. The average molecular weight is 538 g/mol. The van der Waals surface area contributed by atoms with Crippen molar-refractivity contribution in [3.05, 3.63) is 91.0 Å². The van der Waals surface area contributed by atoms with Gasteiger partial charge in [-0.05, 0) is 36.4 Å². The van der Waals surface area contributed by atoms with Gasteiger partial charge in [0.1, 0.15) is 18.8 Å². The van der Waals surface area contributed by atoms with Crippen molar-refractivity contribution in [1.29, 1.82) is 0 Å². The van der Waals surface area contributed by atoms with Crippen molar-refractivity contribution in [2.24, 2.45) is 0 Å². The molecule has 3 amide bonds. The van der Waals surface area contributed by atoms with Crippen LogP contribution in [-0.2, 0) is 19.0 Å².